The van der Waals surface area contributed by atoms with Crippen LogP contribution in [0.2, 0.25) is 0 Å². The molecular weight excluding hydrogens is 240 g/mol. The summed E-state index contributed by atoms with van der Waals surface area (Å²) in [6.45, 7) is 15.1. The van der Waals surface area contributed by atoms with E-state index in [1.54, 1.807) is 6.92 Å². The molecule has 3 unspecified atom stereocenters. The quantitative estimate of drug-likeness (QED) is 0.642. The van der Waals surface area contributed by atoms with Gasteiger partial charge in [-0.15, -0.1) is 0 Å². The third kappa shape index (κ3) is 5.91. The number of hydrogen-bond acceptors (Lipinski definition) is 3. The second-order valence-electron chi connectivity index (χ2n) is 5.82. The van der Waals surface area contributed by atoms with E-state index in [1.165, 1.54) is 0 Å². The van der Waals surface area contributed by atoms with Gasteiger partial charge in [-0.2, -0.15) is 0 Å². The normalized spacial score (nSPS) is 18.1. The average molecular weight is 272 g/mol. The zero-order valence-corrected chi connectivity index (χ0v) is 13.5. The first-order valence-corrected chi connectivity index (χ1v) is 7.53. The van der Waals surface area contributed by atoms with Gasteiger partial charge in [0.15, 0.2) is 0 Å². The molecule has 0 aromatic heterocycles. The van der Waals surface area contributed by atoms with E-state index in [4.69, 9.17) is 0 Å². The fraction of sp³-hybridized carbons (Fsp3) is 0.933. The highest BCUT2D eigenvalue weighted by Gasteiger charge is 2.35. The Morgan fingerprint density at radius 2 is 1.89 bits per heavy atom. The van der Waals surface area contributed by atoms with Crippen LogP contribution in [0.1, 0.15) is 54.4 Å². The van der Waals surface area contributed by atoms with Crippen molar-refractivity contribution < 1.29 is 9.90 Å². The summed E-state index contributed by atoms with van der Waals surface area (Å²) in [5.74, 6) is -0.113. The molecule has 2 N–H and O–H groups in total. The van der Waals surface area contributed by atoms with Crippen LogP contribution in [0.15, 0.2) is 0 Å². The number of nitrogens with zero attached hydrogens (tertiary/aromatic N) is 1. The van der Waals surface area contributed by atoms with Gasteiger partial charge in [0.05, 0.1) is 0 Å². The third-order valence-electron chi connectivity index (χ3n) is 4.02. The van der Waals surface area contributed by atoms with Crippen molar-refractivity contribution in [2.75, 3.05) is 19.6 Å². The highest BCUT2D eigenvalue weighted by Crippen LogP contribution is 2.18. The smallest absolute Gasteiger partial charge is 0.323 e. The lowest BCUT2D eigenvalue weighted by Crippen LogP contribution is -2.53. The molecule has 0 bridgehead atoms. The van der Waals surface area contributed by atoms with Crippen LogP contribution in [0.25, 0.3) is 0 Å². The number of carbonyl (C=O) groups is 1. The second-order valence-corrected chi connectivity index (χ2v) is 5.82. The van der Waals surface area contributed by atoms with Gasteiger partial charge < -0.3 is 15.3 Å². The number of aliphatic carboxylic acids is 1. The van der Waals surface area contributed by atoms with Gasteiger partial charge in [-0.05, 0) is 39.3 Å². The Balaban J connectivity index is 4.68. The van der Waals surface area contributed by atoms with Crippen molar-refractivity contribution in [3.63, 3.8) is 0 Å². The van der Waals surface area contributed by atoms with Crippen molar-refractivity contribution in [1.82, 2.24) is 10.2 Å². The van der Waals surface area contributed by atoms with Crippen LogP contribution in [-0.2, 0) is 4.79 Å². The van der Waals surface area contributed by atoms with Crippen LogP contribution in [0.4, 0.5) is 0 Å². The summed E-state index contributed by atoms with van der Waals surface area (Å²) in [4.78, 5) is 13.8. The van der Waals surface area contributed by atoms with Gasteiger partial charge in [0.25, 0.3) is 0 Å². The number of likely N-dealkylation sites (N-methyl/N-ethyl adjacent to an activating group) is 1. The van der Waals surface area contributed by atoms with Crippen LogP contribution < -0.4 is 5.32 Å². The first-order valence-electron chi connectivity index (χ1n) is 7.53. The van der Waals surface area contributed by atoms with E-state index in [-0.39, 0.29) is 6.04 Å². The lowest BCUT2D eigenvalue weighted by molar-refractivity contribution is -0.145. The summed E-state index contributed by atoms with van der Waals surface area (Å²) < 4.78 is 0. The van der Waals surface area contributed by atoms with E-state index < -0.39 is 11.5 Å². The maximum absolute atomic E-state index is 11.5. The van der Waals surface area contributed by atoms with Crippen LogP contribution >= 0.6 is 0 Å². The largest absolute Gasteiger partial charge is 0.480 e. The summed E-state index contributed by atoms with van der Waals surface area (Å²) in [6.07, 6.45) is 1.78. The topological polar surface area (TPSA) is 52.6 Å². The molecule has 0 aromatic rings. The van der Waals surface area contributed by atoms with E-state index in [2.05, 4.69) is 37.9 Å². The Morgan fingerprint density at radius 3 is 2.26 bits per heavy atom. The molecule has 4 heteroatoms. The fourth-order valence-electron chi connectivity index (χ4n) is 2.50. The van der Waals surface area contributed by atoms with Crippen molar-refractivity contribution in [2.24, 2.45) is 5.92 Å². The van der Waals surface area contributed by atoms with E-state index in [0.29, 0.717) is 18.9 Å². The SMILES string of the molecule is CCNC(C)(CC(C)N(CC)CC(C)CC)C(=O)O. The number of carboxylic acids is 1. The van der Waals surface area contributed by atoms with Gasteiger partial charge in [0.1, 0.15) is 5.54 Å². The van der Waals surface area contributed by atoms with Crippen molar-refractivity contribution in [3.05, 3.63) is 0 Å². The Hall–Kier alpha value is -0.610. The van der Waals surface area contributed by atoms with Crippen molar-refractivity contribution in [3.8, 4) is 0 Å². The van der Waals surface area contributed by atoms with E-state index in [0.717, 1.165) is 19.5 Å². The molecule has 0 spiro atoms. The standard InChI is InChI=1S/C15H32N2O2/c1-7-12(4)11-17(9-3)13(5)10-15(6,14(18)19)16-8-2/h12-13,16H,7-11H2,1-6H3,(H,18,19). The molecule has 0 rings (SSSR count). The van der Waals surface area contributed by atoms with E-state index in [1.807, 2.05) is 6.92 Å². The van der Waals surface area contributed by atoms with Crippen LogP contribution in [0.5, 0.6) is 0 Å². The Bertz CT molecular complexity index is 271. The fourth-order valence-corrected chi connectivity index (χ4v) is 2.50. The molecule has 19 heavy (non-hydrogen) atoms. The van der Waals surface area contributed by atoms with Gasteiger partial charge in [-0.25, -0.2) is 0 Å². The Labute approximate surface area is 118 Å². The molecule has 0 aromatic carbocycles. The second kappa shape index (κ2) is 8.54. The molecule has 0 fully saturated rings. The minimum Gasteiger partial charge on any atom is -0.480 e. The van der Waals surface area contributed by atoms with Gasteiger partial charge in [-0.3, -0.25) is 4.79 Å². The summed E-state index contributed by atoms with van der Waals surface area (Å²) in [6, 6.07) is 0.263. The summed E-state index contributed by atoms with van der Waals surface area (Å²) in [5.41, 5.74) is -0.836. The number of rotatable bonds is 10. The summed E-state index contributed by atoms with van der Waals surface area (Å²) in [5, 5.41) is 12.5. The molecule has 0 aliphatic carbocycles. The minimum absolute atomic E-state index is 0.263. The molecular formula is C15H32N2O2. The monoisotopic (exact) mass is 272 g/mol. The van der Waals surface area contributed by atoms with Crippen LogP contribution in [0.3, 0.4) is 0 Å². The maximum atomic E-state index is 11.5. The van der Waals surface area contributed by atoms with Gasteiger partial charge in [0, 0.05) is 12.6 Å². The zero-order chi connectivity index (χ0) is 15.1. The number of hydrogen-bond donors (Lipinski definition) is 2. The van der Waals surface area contributed by atoms with E-state index in [9.17, 15) is 9.90 Å². The molecule has 3 atom stereocenters. The first kappa shape index (κ1) is 18.4. The number of carboxylic acid groups (broad SMARTS) is 1. The van der Waals surface area contributed by atoms with Gasteiger partial charge >= 0.3 is 5.97 Å². The van der Waals surface area contributed by atoms with Crippen molar-refractivity contribution in [2.45, 2.75) is 66.0 Å². The molecule has 0 aliphatic rings. The first-order chi connectivity index (χ1) is 8.80. The van der Waals surface area contributed by atoms with Crippen molar-refractivity contribution >= 4 is 5.97 Å². The zero-order valence-electron chi connectivity index (χ0n) is 13.5. The molecule has 4 nitrogen and oxygen atoms in total. The average Bonchev–Trinajstić information content (AvgIpc) is 2.35. The van der Waals surface area contributed by atoms with E-state index >= 15 is 0 Å². The van der Waals surface area contributed by atoms with Crippen molar-refractivity contribution in [1.29, 1.82) is 0 Å². The molecule has 0 amide bonds. The lowest BCUT2D eigenvalue weighted by Gasteiger charge is -2.35. The summed E-state index contributed by atoms with van der Waals surface area (Å²) >= 11 is 0. The highest BCUT2D eigenvalue weighted by atomic mass is 16.4. The molecule has 0 heterocycles. The molecule has 0 saturated carbocycles. The summed E-state index contributed by atoms with van der Waals surface area (Å²) in [7, 11) is 0. The maximum Gasteiger partial charge on any atom is 0.323 e. The third-order valence-corrected chi connectivity index (χ3v) is 4.02. The highest BCUT2D eigenvalue weighted by molar-refractivity contribution is 5.78. The minimum atomic E-state index is -0.836. The molecule has 0 saturated heterocycles. The predicted octanol–water partition coefficient (Wildman–Crippen LogP) is 2.59. The molecule has 114 valence electrons. The van der Waals surface area contributed by atoms with Gasteiger partial charge in [0.2, 0.25) is 0 Å². The van der Waals surface area contributed by atoms with Crippen LogP contribution in [-0.4, -0.2) is 47.2 Å². The molecule has 0 radical (unpaired) electrons. The lowest BCUT2D eigenvalue weighted by atomic mass is 9.92. The van der Waals surface area contributed by atoms with Gasteiger partial charge in [-0.1, -0.05) is 34.1 Å². The van der Waals surface area contributed by atoms with Crippen LogP contribution in [0, 0.1) is 5.92 Å². The number of nitrogens with one attached hydrogen (secondary N) is 1. The Morgan fingerprint density at radius 1 is 1.32 bits per heavy atom. The Kier molecular flexibility index (Phi) is 8.26. The molecule has 0 aliphatic heterocycles. The predicted molar refractivity (Wildman–Crippen MR) is 80.5 cm³/mol.